The summed E-state index contributed by atoms with van der Waals surface area (Å²) in [6.45, 7) is 5.88. The second-order valence-electron chi connectivity index (χ2n) is 6.94. The standard InChI is InChI=1S/C18H21N5O3S/c1-9-16(10(2)26-22-9)17-19-13-7-12(5-6-14(13)27-17)18(24)23(4)8-15-21-20-11(3)25-15/h12H,5-8H2,1-4H3. The van der Waals surface area contributed by atoms with Gasteiger partial charge in [0.25, 0.3) is 0 Å². The van der Waals surface area contributed by atoms with E-state index in [0.717, 1.165) is 40.6 Å². The Morgan fingerprint density at radius 2 is 2.11 bits per heavy atom. The fraction of sp³-hybridized carbons (Fsp3) is 0.500. The average molecular weight is 387 g/mol. The molecule has 1 atom stereocenters. The molecule has 1 aliphatic carbocycles. The van der Waals surface area contributed by atoms with Gasteiger partial charge in [0.1, 0.15) is 10.8 Å². The first kappa shape index (κ1) is 17.8. The molecule has 1 aliphatic rings. The zero-order chi connectivity index (χ0) is 19.1. The van der Waals surface area contributed by atoms with Crippen molar-refractivity contribution in [2.24, 2.45) is 5.92 Å². The maximum atomic E-state index is 12.8. The molecule has 0 saturated heterocycles. The van der Waals surface area contributed by atoms with Crippen LogP contribution in [0.15, 0.2) is 8.94 Å². The molecule has 0 aliphatic heterocycles. The van der Waals surface area contributed by atoms with Crippen LogP contribution in [0.5, 0.6) is 0 Å². The zero-order valence-corrected chi connectivity index (χ0v) is 16.6. The monoisotopic (exact) mass is 387 g/mol. The number of thiazole rings is 1. The Bertz CT molecular complexity index is 970. The fourth-order valence-corrected chi connectivity index (χ4v) is 4.73. The van der Waals surface area contributed by atoms with Crippen molar-refractivity contribution in [1.82, 2.24) is 25.2 Å². The van der Waals surface area contributed by atoms with Crippen LogP contribution in [-0.4, -0.2) is 38.2 Å². The van der Waals surface area contributed by atoms with E-state index in [-0.39, 0.29) is 11.8 Å². The summed E-state index contributed by atoms with van der Waals surface area (Å²) in [4.78, 5) is 20.6. The van der Waals surface area contributed by atoms with Gasteiger partial charge in [-0.15, -0.1) is 21.5 Å². The quantitative estimate of drug-likeness (QED) is 0.679. The molecule has 9 heteroatoms. The Morgan fingerprint density at radius 1 is 1.30 bits per heavy atom. The van der Waals surface area contributed by atoms with E-state index in [9.17, 15) is 4.79 Å². The SMILES string of the molecule is Cc1nnc(CN(C)C(=O)C2CCc3sc(-c4c(C)noc4C)nc3C2)o1. The predicted molar refractivity (Wildman–Crippen MR) is 98.1 cm³/mol. The van der Waals surface area contributed by atoms with Crippen molar-refractivity contribution in [2.45, 2.75) is 46.6 Å². The second kappa shape index (κ2) is 6.88. The van der Waals surface area contributed by atoms with E-state index >= 15 is 0 Å². The van der Waals surface area contributed by atoms with Gasteiger partial charge in [-0.2, -0.15) is 0 Å². The number of fused-ring (bicyclic) bond motifs is 1. The summed E-state index contributed by atoms with van der Waals surface area (Å²) >= 11 is 1.68. The molecule has 142 valence electrons. The molecule has 4 rings (SSSR count). The van der Waals surface area contributed by atoms with E-state index < -0.39 is 0 Å². The van der Waals surface area contributed by atoms with Crippen molar-refractivity contribution in [2.75, 3.05) is 7.05 Å². The van der Waals surface area contributed by atoms with E-state index in [4.69, 9.17) is 13.9 Å². The molecule has 0 aromatic carbocycles. The smallest absolute Gasteiger partial charge is 0.235 e. The van der Waals surface area contributed by atoms with E-state index in [0.29, 0.717) is 24.7 Å². The molecule has 0 fully saturated rings. The first-order valence-corrected chi connectivity index (χ1v) is 9.69. The first-order valence-electron chi connectivity index (χ1n) is 8.88. The van der Waals surface area contributed by atoms with Crippen molar-refractivity contribution in [3.63, 3.8) is 0 Å². The lowest BCUT2D eigenvalue weighted by molar-refractivity contribution is -0.135. The first-order chi connectivity index (χ1) is 12.9. The third-order valence-corrected chi connectivity index (χ3v) is 6.03. The van der Waals surface area contributed by atoms with Gasteiger partial charge in [0.15, 0.2) is 0 Å². The van der Waals surface area contributed by atoms with Crippen LogP contribution in [-0.2, 0) is 24.2 Å². The van der Waals surface area contributed by atoms with E-state index in [1.807, 2.05) is 13.8 Å². The summed E-state index contributed by atoms with van der Waals surface area (Å²) in [5, 5.41) is 12.7. The number of carbonyl (C=O) groups excluding carboxylic acids is 1. The Labute approximate surface area is 160 Å². The summed E-state index contributed by atoms with van der Waals surface area (Å²) in [5.41, 5.74) is 2.84. The number of hydrogen-bond donors (Lipinski definition) is 0. The molecule has 1 unspecified atom stereocenters. The third kappa shape index (κ3) is 3.39. The highest BCUT2D eigenvalue weighted by atomic mass is 32.1. The number of aryl methyl sites for hydroxylation is 4. The molecule has 3 aromatic rings. The predicted octanol–water partition coefficient (Wildman–Crippen LogP) is 2.87. The molecule has 0 bridgehead atoms. The number of rotatable bonds is 4. The van der Waals surface area contributed by atoms with Crippen molar-refractivity contribution >= 4 is 17.2 Å². The van der Waals surface area contributed by atoms with Crippen LogP contribution in [0.2, 0.25) is 0 Å². The molecule has 3 aromatic heterocycles. The lowest BCUT2D eigenvalue weighted by atomic mass is 9.90. The van der Waals surface area contributed by atoms with E-state index in [1.165, 1.54) is 4.88 Å². The van der Waals surface area contributed by atoms with Gasteiger partial charge in [-0.1, -0.05) is 5.16 Å². The van der Waals surface area contributed by atoms with Gasteiger partial charge in [-0.3, -0.25) is 4.79 Å². The largest absolute Gasteiger partial charge is 0.424 e. The molecule has 0 N–H and O–H groups in total. The van der Waals surface area contributed by atoms with Crippen molar-refractivity contribution < 1.29 is 13.7 Å². The number of amides is 1. The number of hydrogen-bond acceptors (Lipinski definition) is 8. The minimum Gasteiger partial charge on any atom is -0.424 e. The fourth-order valence-electron chi connectivity index (χ4n) is 3.48. The van der Waals surface area contributed by atoms with Crippen LogP contribution in [0.3, 0.4) is 0 Å². The molecular weight excluding hydrogens is 366 g/mol. The van der Waals surface area contributed by atoms with Crippen LogP contribution in [0.4, 0.5) is 0 Å². The van der Waals surface area contributed by atoms with Gasteiger partial charge in [0.2, 0.25) is 17.7 Å². The molecule has 0 saturated carbocycles. The van der Waals surface area contributed by atoms with Crippen LogP contribution < -0.4 is 0 Å². The van der Waals surface area contributed by atoms with Gasteiger partial charge in [-0.05, 0) is 26.7 Å². The number of nitrogens with zero attached hydrogens (tertiary/aromatic N) is 5. The van der Waals surface area contributed by atoms with Crippen molar-refractivity contribution in [3.05, 3.63) is 33.8 Å². The summed E-state index contributed by atoms with van der Waals surface area (Å²) in [6.07, 6.45) is 2.34. The minimum absolute atomic E-state index is 0.0777. The average Bonchev–Trinajstić information content (AvgIpc) is 3.32. The molecule has 1 amide bonds. The van der Waals surface area contributed by atoms with Crippen LogP contribution >= 0.6 is 11.3 Å². The summed E-state index contributed by atoms with van der Waals surface area (Å²) in [7, 11) is 1.77. The maximum Gasteiger partial charge on any atom is 0.235 e. The van der Waals surface area contributed by atoms with Crippen LogP contribution in [0, 0.1) is 26.7 Å². The van der Waals surface area contributed by atoms with Gasteiger partial charge in [0, 0.05) is 31.2 Å². The van der Waals surface area contributed by atoms with E-state index in [2.05, 4.69) is 15.4 Å². The Balaban J connectivity index is 1.49. The summed E-state index contributed by atoms with van der Waals surface area (Å²) in [5.74, 6) is 1.74. The van der Waals surface area contributed by atoms with Gasteiger partial charge in [-0.25, -0.2) is 4.98 Å². The molecule has 0 spiro atoms. The lowest BCUT2D eigenvalue weighted by Crippen LogP contribution is -2.35. The summed E-state index contributed by atoms with van der Waals surface area (Å²) in [6, 6.07) is 0. The van der Waals surface area contributed by atoms with E-state index in [1.54, 1.807) is 30.2 Å². The Hall–Kier alpha value is -2.55. The highest BCUT2D eigenvalue weighted by Gasteiger charge is 2.31. The zero-order valence-electron chi connectivity index (χ0n) is 15.8. The van der Waals surface area contributed by atoms with Crippen molar-refractivity contribution in [3.8, 4) is 10.6 Å². The molecule has 27 heavy (non-hydrogen) atoms. The Morgan fingerprint density at radius 3 is 2.78 bits per heavy atom. The topological polar surface area (TPSA) is 98.2 Å². The molecule has 0 radical (unpaired) electrons. The number of carbonyl (C=O) groups is 1. The second-order valence-corrected chi connectivity index (χ2v) is 8.02. The summed E-state index contributed by atoms with van der Waals surface area (Å²) < 4.78 is 10.6. The minimum atomic E-state index is -0.0777. The van der Waals surface area contributed by atoms with Gasteiger partial charge in [0.05, 0.1) is 23.5 Å². The highest BCUT2D eigenvalue weighted by molar-refractivity contribution is 7.15. The molecular formula is C18H21N5O3S. The number of aromatic nitrogens is 4. The maximum absolute atomic E-state index is 12.8. The van der Waals surface area contributed by atoms with Crippen LogP contribution in [0.25, 0.3) is 10.6 Å². The molecule has 3 heterocycles. The van der Waals surface area contributed by atoms with Gasteiger partial charge >= 0.3 is 0 Å². The highest BCUT2D eigenvalue weighted by Crippen LogP contribution is 2.37. The van der Waals surface area contributed by atoms with Gasteiger partial charge < -0.3 is 13.8 Å². The molecule has 8 nitrogen and oxygen atoms in total. The van der Waals surface area contributed by atoms with Crippen LogP contribution in [0.1, 0.15) is 40.2 Å². The lowest BCUT2D eigenvalue weighted by Gasteiger charge is -2.25. The Kier molecular flexibility index (Phi) is 4.55. The van der Waals surface area contributed by atoms with Crippen molar-refractivity contribution in [1.29, 1.82) is 0 Å². The normalized spacial score (nSPS) is 16.4. The third-order valence-electron chi connectivity index (χ3n) is 4.85.